The Labute approximate surface area is 140 Å². The van der Waals surface area contributed by atoms with E-state index in [1.807, 2.05) is 30.3 Å². The Morgan fingerprint density at radius 2 is 1.96 bits per heavy atom. The molecule has 4 nitrogen and oxygen atoms in total. The van der Waals surface area contributed by atoms with E-state index >= 15 is 0 Å². The second kappa shape index (κ2) is 7.45. The van der Waals surface area contributed by atoms with E-state index in [-0.39, 0.29) is 12.5 Å². The summed E-state index contributed by atoms with van der Waals surface area (Å²) >= 11 is 0. The summed E-state index contributed by atoms with van der Waals surface area (Å²) in [5, 5.41) is 10.1. The molecule has 2 aromatic rings. The second-order valence-electron chi connectivity index (χ2n) is 5.97. The van der Waals surface area contributed by atoms with Crippen molar-refractivity contribution in [3.63, 3.8) is 0 Å². The molecule has 5 heteroatoms. The Balaban J connectivity index is 1.54. The van der Waals surface area contributed by atoms with E-state index in [4.69, 9.17) is 4.74 Å². The van der Waals surface area contributed by atoms with Gasteiger partial charge in [0, 0.05) is 12.5 Å². The van der Waals surface area contributed by atoms with Gasteiger partial charge in [-0.25, -0.2) is 4.39 Å². The number of likely N-dealkylation sites (tertiary alicyclic amines) is 1. The number of carbonyl (C=O) groups is 1. The van der Waals surface area contributed by atoms with Gasteiger partial charge >= 0.3 is 0 Å². The molecule has 1 fully saturated rings. The molecular formula is C19H20FNO3. The van der Waals surface area contributed by atoms with Crippen molar-refractivity contribution in [3.8, 4) is 5.75 Å². The number of β-amino-alcohol motifs (C(OH)–C–C–N with tert-alkyl or cyclic N) is 1. The molecule has 24 heavy (non-hydrogen) atoms. The molecule has 0 spiro atoms. The summed E-state index contributed by atoms with van der Waals surface area (Å²) in [5.41, 5.74) is 1.11. The number of ether oxygens (including phenoxy) is 1. The number of halogens is 1. The number of aliphatic hydroxyl groups is 1. The number of carbonyl (C=O) groups excluding carboxylic acids is 1. The van der Waals surface area contributed by atoms with Gasteiger partial charge in [0.15, 0.2) is 0 Å². The van der Waals surface area contributed by atoms with Crippen molar-refractivity contribution >= 4 is 5.91 Å². The minimum absolute atomic E-state index is 0.0109. The summed E-state index contributed by atoms with van der Waals surface area (Å²) < 4.78 is 18.8. The average molecular weight is 329 g/mol. The standard InChI is InChI=1S/C19H20FNO3/c20-15-7-4-8-16(11-15)24-18-13-21(12-17(18)22)19(23)10-9-14-5-2-1-3-6-14/h1-8,11,17-18,22H,9-10,12-13H2/t17-,18-/m1/s1. The van der Waals surface area contributed by atoms with Crippen LogP contribution in [0.15, 0.2) is 54.6 Å². The number of aryl methyl sites for hydroxylation is 1. The van der Waals surface area contributed by atoms with Gasteiger partial charge in [0.2, 0.25) is 5.91 Å². The van der Waals surface area contributed by atoms with Gasteiger partial charge in [-0.3, -0.25) is 4.79 Å². The summed E-state index contributed by atoms with van der Waals surface area (Å²) in [6.45, 7) is 0.554. The van der Waals surface area contributed by atoms with Crippen LogP contribution in [0.1, 0.15) is 12.0 Å². The van der Waals surface area contributed by atoms with Crippen LogP contribution in [0, 0.1) is 5.82 Å². The summed E-state index contributed by atoms with van der Waals surface area (Å²) in [5.74, 6) is -0.0448. The van der Waals surface area contributed by atoms with Crippen molar-refractivity contribution in [2.45, 2.75) is 25.0 Å². The lowest BCUT2D eigenvalue weighted by Gasteiger charge is -2.17. The number of benzene rings is 2. The normalized spacial score (nSPS) is 20.2. The molecule has 1 aliphatic rings. The van der Waals surface area contributed by atoms with E-state index in [1.54, 1.807) is 17.0 Å². The SMILES string of the molecule is O=C(CCc1ccccc1)N1C[C@@H](O)[C@H](Oc2cccc(F)c2)C1. The molecule has 2 atom stereocenters. The lowest BCUT2D eigenvalue weighted by Crippen LogP contribution is -2.31. The highest BCUT2D eigenvalue weighted by Gasteiger charge is 2.35. The Morgan fingerprint density at radius 3 is 2.71 bits per heavy atom. The average Bonchev–Trinajstić information content (AvgIpc) is 2.94. The topological polar surface area (TPSA) is 49.8 Å². The Hall–Kier alpha value is -2.40. The molecule has 1 aliphatic heterocycles. The van der Waals surface area contributed by atoms with Gasteiger partial charge in [-0.05, 0) is 24.1 Å². The first kappa shape index (κ1) is 16.5. The quantitative estimate of drug-likeness (QED) is 0.916. The molecule has 2 aromatic carbocycles. The van der Waals surface area contributed by atoms with Crippen LogP contribution in [0.4, 0.5) is 4.39 Å². The third kappa shape index (κ3) is 4.11. The van der Waals surface area contributed by atoms with Crippen LogP contribution >= 0.6 is 0 Å². The molecule has 0 unspecified atom stereocenters. The zero-order valence-electron chi connectivity index (χ0n) is 13.3. The van der Waals surface area contributed by atoms with Crippen LogP contribution in [0.25, 0.3) is 0 Å². The van der Waals surface area contributed by atoms with Gasteiger partial charge in [-0.15, -0.1) is 0 Å². The van der Waals surface area contributed by atoms with Gasteiger partial charge in [0.1, 0.15) is 23.8 Å². The van der Waals surface area contributed by atoms with Gasteiger partial charge in [0.05, 0.1) is 13.1 Å². The minimum atomic E-state index is -0.769. The Morgan fingerprint density at radius 1 is 1.17 bits per heavy atom. The number of rotatable bonds is 5. The van der Waals surface area contributed by atoms with Crippen molar-refractivity contribution in [1.82, 2.24) is 4.90 Å². The molecule has 1 amide bonds. The number of nitrogens with zero attached hydrogens (tertiary/aromatic N) is 1. The van der Waals surface area contributed by atoms with E-state index in [9.17, 15) is 14.3 Å². The summed E-state index contributed by atoms with van der Waals surface area (Å²) in [6, 6.07) is 15.6. The van der Waals surface area contributed by atoms with Crippen molar-refractivity contribution in [3.05, 3.63) is 66.0 Å². The molecule has 126 valence electrons. The van der Waals surface area contributed by atoms with E-state index in [1.165, 1.54) is 12.1 Å². The highest BCUT2D eigenvalue weighted by Crippen LogP contribution is 2.20. The predicted molar refractivity (Wildman–Crippen MR) is 88.2 cm³/mol. The van der Waals surface area contributed by atoms with Crippen LogP contribution in [0.2, 0.25) is 0 Å². The van der Waals surface area contributed by atoms with Gasteiger partial charge < -0.3 is 14.7 Å². The summed E-state index contributed by atoms with van der Waals surface area (Å²) in [4.78, 5) is 13.9. The number of aliphatic hydroxyl groups excluding tert-OH is 1. The molecule has 0 aromatic heterocycles. The van der Waals surface area contributed by atoms with E-state index < -0.39 is 18.0 Å². The van der Waals surface area contributed by atoms with Crippen molar-refractivity contribution in [1.29, 1.82) is 0 Å². The maximum Gasteiger partial charge on any atom is 0.223 e. The monoisotopic (exact) mass is 329 g/mol. The van der Waals surface area contributed by atoms with Gasteiger partial charge in [0.25, 0.3) is 0 Å². The molecule has 0 aliphatic carbocycles. The Bertz CT molecular complexity index is 692. The third-order valence-corrected chi connectivity index (χ3v) is 4.14. The maximum absolute atomic E-state index is 13.2. The van der Waals surface area contributed by atoms with Crippen molar-refractivity contribution in [2.24, 2.45) is 0 Å². The van der Waals surface area contributed by atoms with Crippen molar-refractivity contribution < 1.29 is 19.0 Å². The smallest absolute Gasteiger partial charge is 0.223 e. The van der Waals surface area contributed by atoms with Crippen LogP contribution in [0.5, 0.6) is 5.75 Å². The number of hydrogen-bond donors (Lipinski definition) is 1. The minimum Gasteiger partial charge on any atom is -0.486 e. The molecule has 0 bridgehead atoms. The second-order valence-corrected chi connectivity index (χ2v) is 5.97. The van der Waals surface area contributed by atoms with Gasteiger partial charge in [-0.1, -0.05) is 36.4 Å². The highest BCUT2D eigenvalue weighted by molar-refractivity contribution is 5.77. The first-order chi connectivity index (χ1) is 11.6. The van der Waals surface area contributed by atoms with Crippen LogP contribution < -0.4 is 4.74 Å². The number of hydrogen-bond acceptors (Lipinski definition) is 3. The van der Waals surface area contributed by atoms with Crippen LogP contribution in [-0.4, -0.2) is 41.2 Å². The van der Waals surface area contributed by atoms with E-state index in [2.05, 4.69) is 0 Å². The maximum atomic E-state index is 13.2. The van der Waals surface area contributed by atoms with Crippen LogP contribution in [-0.2, 0) is 11.2 Å². The van der Waals surface area contributed by atoms with E-state index in [0.717, 1.165) is 5.56 Å². The Kier molecular flexibility index (Phi) is 5.11. The fourth-order valence-corrected chi connectivity index (χ4v) is 2.85. The fraction of sp³-hybridized carbons (Fsp3) is 0.316. The molecule has 3 rings (SSSR count). The first-order valence-electron chi connectivity index (χ1n) is 8.04. The number of amides is 1. The molecule has 0 saturated carbocycles. The van der Waals surface area contributed by atoms with Gasteiger partial charge in [-0.2, -0.15) is 0 Å². The first-order valence-corrected chi connectivity index (χ1v) is 8.04. The fourth-order valence-electron chi connectivity index (χ4n) is 2.85. The van der Waals surface area contributed by atoms with E-state index in [0.29, 0.717) is 25.1 Å². The lowest BCUT2D eigenvalue weighted by molar-refractivity contribution is -0.130. The zero-order valence-corrected chi connectivity index (χ0v) is 13.3. The molecule has 0 radical (unpaired) electrons. The summed E-state index contributed by atoms with van der Waals surface area (Å²) in [7, 11) is 0. The predicted octanol–water partition coefficient (Wildman–Crippen LogP) is 2.41. The molecule has 1 saturated heterocycles. The molecule has 1 N–H and O–H groups in total. The summed E-state index contributed by atoms with van der Waals surface area (Å²) in [6.07, 6.45) is -0.244. The van der Waals surface area contributed by atoms with Crippen LogP contribution in [0.3, 0.4) is 0 Å². The third-order valence-electron chi connectivity index (χ3n) is 4.14. The highest BCUT2D eigenvalue weighted by atomic mass is 19.1. The molecular weight excluding hydrogens is 309 g/mol. The molecule has 1 heterocycles. The largest absolute Gasteiger partial charge is 0.486 e. The van der Waals surface area contributed by atoms with Crippen molar-refractivity contribution in [2.75, 3.05) is 13.1 Å². The lowest BCUT2D eigenvalue weighted by atomic mass is 10.1. The zero-order chi connectivity index (χ0) is 16.9.